The third-order valence-corrected chi connectivity index (χ3v) is 2.64. The van der Waals surface area contributed by atoms with Crippen LogP contribution in [0.2, 0.25) is 0 Å². The third kappa shape index (κ3) is 5.08. The van der Waals surface area contributed by atoms with Crippen LogP contribution >= 0.6 is 11.8 Å². The summed E-state index contributed by atoms with van der Waals surface area (Å²) in [4.78, 5) is 16.6. The molecule has 17 heavy (non-hydrogen) atoms. The van der Waals surface area contributed by atoms with Crippen LogP contribution in [-0.4, -0.2) is 22.4 Å². The van der Waals surface area contributed by atoms with Crippen LogP contribution in [0.4, 0.5) is 10.5 Å². The number of nitrogens with zero attached hydrogens (tertiary/aromatic N) is 1. The summed E-state index contributed by atoms with van der Waals surface area (Å²) >= 11 is 1.63. The number of thioether (sulfide) groups is 1. The highest BCUT2D eigenvalue weighted by Gasteiger charge is 2.17. The zero-order chi connectivity index (χ0) is 12.9. The first kappa shape index (κ1) is 13.8. The van der Waals surface area contributed by atoms with Gasteiger partial charge in [-0.1, -0.05) is 6.92 Å². The second kappa shape index (κ2) is 5.91. The molecule has 0 spiro atoms. The van der Waals surface area contributed by atoms with Gasteiger partial charge < -0.3 is 4.74 Å². The Morgan fingerprint density at radius 3 is 2.82 bits per heavy atom. The summed E-state index contributed by atoms with van der Waals surface area (Å²) in [5.74, 6) is 0.925. The molecule has 94 valence electrons. The largest absolute Gasteiger partial charge is 0.444 e. The van der Waals surface area contributed by atoms with E-state index in [1.807, 2.05) is 20.8 Å². The standard InChI is InChI=1S/C12H18N2O2S/c1-5-17-10-8-13-7-6-9(10)14-11(15)16-12(2,3)4/h6-8H,5H2,1-4H3,(H,13,14,15). The van der Waals surface area contributed by atoms with E-state index in [4.69, 9.17) is 4.74 Å². The van der Waals surface area contributed by atoms with Crippen LogP contribution in [-0.2, 0) is 4.74 Å². The van der Waals surface area contributed by atoms with Crippen LogP contribution in [0.1, 0.15) is 27.7 Å². The lowest BCUT2D eigenvalue weighted by Gasteiger charge is -2.20. The average molecular weight is 254 g/mol. The predicted octanol–water partition coefficient (Wildman–Crippen LogP) is 3.54. The first-order valence-electron chi connectivity index (χ1n) is 5.49. The van der Waals surface area contributed by atoms with Gasteiger partial charge >= 0.3 is 6.09 Å². The number of pyridine rings is 1. The normalized spacial score (nSPS) is 11.1. The lowest BCUT2D eigenvalue weighted by Crippen LogP contribution is -2.27. The quantitative estimate of drug-likeness (QED) is 0.838. The molecule has 1 amide bonds. The molecule has 0 aliphatic heterocycles. The Morgan fingerprint density at radius 2 is 2.24 bits per heavy atom. The van der Waals surface area contributed by atoms with Crippen molar-refractivity contribution >= 4 is 23.5 Å². The fourth-order valence-electron chi connectivity index (χ4n) is 1.17. The SMILES string of the molecule is CCSc1cnccc1NC(=O)OC(C)(C)C. The van der Waals surface area contributed by atoms with E-state index in [1.165, 1.54) is 0 Å². The molecular formula is C12H18N2O2S. The Kier molecular flexibility index (Phi) is 4.81. The summed E-state index contributed by atoms with van der Waals surface area (Å²) in [6.45, 7) is 7.55. The number of carbonyl (C=O) groups is 1. The second-order valence-corrected chi connectivity index (χ2v) is 5.74. The minimum Gasteiger partial charge on any atom is -0.444 e. The molecule has 0 aliphatic carbocycles. The lowest BCUT2D eigenvalue weighted by atomic mass is 10.2. The Balaban J connectivity index is 2.71. The number of ether oxygens (including phenoxy) is 1. The Bertz CT molecular complexity index is 388. The van der Waals surface area contributed by atoms with E-state index in [0.717, 1.165) is 16.3 Å². The van der Waals surface area contributed by atoms with Gasteiger partial charge in [0.15, 0.2) is 0 Å². The van der Waals surface area contributed by atoms with Gasteiger partial charge in [0, 0.05) is 17.3 Å². The molecule has 0 unspecified atom stereocenters. The Hall–Kier alpha value is -1.23. The molecule has 1 aromatic heterocycles. The van der Waals surface area contributed by atoms with Crippen LogP contribution in [0.25, 0.3) is 0 Å². The van der Waals surface area contributed by atoms with Crippen molar-refractivity contribution in [1.82, 2.24) is 4.98 Å². The monoisotopic (exact) mass is 254 g/mol. The molecule has 1 rings (SSSR count). The van der Waals surface area contributed by atoms with E-state index >= 15 is 0 Å². The maximum absolute atomic E-state index is 11.6. The van der Waals surface area contributed by atoms with Gasteiger partial charge in [-0.15, -0.1) is 11.8 Å². The number of amides is 1. The number of nitrogens with one attached hydrogen (secondary N) is 1. The van der Waals surface area contributed by atoms with E-state index in [2.05, 4.69) is 17.2 Å². The van der Waals surface area contributed by atoms with Crippen LogP contribution < -0.4 is 5.32 Å². The summed E-state index contributed by atoms with van der Waals surface area (Å²) in [5.41, 5.74) is 0.246. The van der Waals surface area contributed by atoms with Gasteiger partial charge in [0.25, 0.3) is 0 Å². The molecule has 1 heterocycles. The molecule has 1 aromatic rings. The highest BCUT2D eigenvalue weighted by molar-refractivity contribution is 7.99. The molecule has 0 bridgehead atoms. The van der Waals surface area contributed by atoms with Crippen LogP contribution in [0.5, 0.6) is 0 Å². The molecule has 0 radical (unpaired) electrons. The summed E-state index contributed by atoms with van der Waals surface area (Å²) in [7, 11) is 0. The smallest absolute Gasteiger partial charge is 0.412 e. The Morgan fingerprint density at radius 1 is 1.53 bits per heavy atom. The van der Waals surface area contributed by atoms with Gasteiger partial charge in [-0.05, 0) is 32.6 Å². The highest BCUT2D eigenvalue weighted by atomic mass is 32.2. The molecule has 0 aliphatic rings. The highest BCUT2D eigenvalue weighted by Crippen LogP contribution is 2.26. The molecule has 0 aromatic carbocycles. The van der Waals surface area contributed by atoms with Gasteiger partial charge in [-0.2, -0.15) is 0 Å². The minimum absolute atomic E-state index is 0.443. The van der Waals surface area contributed by atoms with Crippen LogP contribution in [0.3, 0.4) is 0 Å². The number of hydrogen-bond acceptors (Lipinski definition) is 4. The van der Waals surface area contributed by atoms with E-state index < -0.39 is 11.7 Å². The van der Waals surface area contributed by atoms with E-state index in [1.54, 1.807) is 30.2 Å². The molecule has 0 atom stereocenters. The van der Waals surface area contributed by atoms with Crippen molar-refractivity contribution in [3.05, 3.63) is 18.5 Å². The fourth-order valence-corrected chi connectivity index (χ4v) is 1.89. The van der Waals surface area contributed by atoms with Crippen LogP contribution in [0, 0.1) is 0 Å². The van der Waals surface area contributed by atoms with Crippen molar-refractivity contribution in [3.8, 4) is 0 Å². The summed E-state index contributed by atoms with van der Waals surface area (Å²) < 4.78 is 5.20. The minimum atomic E-state index is -0.491. The van der Waals surface area contributed by atoms with E-state index in [0.29, 0.717) is 0 Å². The molecule has 0 fully saturated rings. The summed E-state index contributed by atoms with van der Waals surface area (Å²) in [6.07, 6.45) is 2.94. The molecule has 5 heteroatoms. The van der Waals surface area contributed by atoms with Crippen LogP contribution in [0.15, 0.2) is 23.4 Å². The second-order valence-electron chi connectivity index (χ2n) is 4.43. The topological polar surface area (TPSA) is 51.2 Å². The van der Waals surface area contributed by atoms with E-state index in [9.17, 15) is 4.79 Å². The number of rotatable bonds is 3. The third-order valence-electron chi connectivity index (χ3n) is 1.72. The average Bonchev–Trinajstić information content (AvgIpc) is 2.18. The zero-order valence-corrected chi connectivity index (χ0v) is 11.4. The predicted molar refractivity (Wildman–Crippen MR) is 70.5 cm³/mol. The van der Waals surface area contributed by atoms with Crippen molar-refractivity contribution in [2.75, 3.05) is 11.1 Å². The van der Waals surface area contributed by atoms with Gasteiger partial charge in [0.05, 0.1) is 5.69 Å². The van der Waals surface area contributed by atoms with Gasteiger partial charge in [0.2, 0.25) is 0 Å². The molecule has 1 N–H and O–H groups in total. The number of hydrogen-bond donors (Lipinski definition) is 1. The first-order chi connectivity index (χ1) is 7.92. The number of aromatic nitrogens is 1. The van der Waals surface area contributed by atoms with Gasteiger partial charge in [0.1, 0.15) is 5.60 Å². The van der Waals surface area contributed by atoms with Gasteiger partial charge in [-0.3, -0.25) is 10.3 Å². The lowest BCUT2D eigenvalue weighted by molar-refractivity contribution is 0.0635. The van der Waals surface area contributed by atoms with Crippen molar-refractivity contribution in [1.29, 1.82) is 0 Å². The number of anilines is 1. The van der Waals surface area contributed by atoms with Crippen molar-refractivity contribution in [2.24, 2.45) is 0 Å². The van der Waals surface area contributed by atoms with Crippen molar-refractivity contribution in [2.45, 2.75) is 38.2 Å². The maximum atomic E-state index is 11.6. The van der Waals surface area contributed by atoms with Crippen molar-refractivity contribution in [3.63, 3.8) is 0 Å². The molecule has 4 nitrogen and oxygen atoms in total. The molecular weight excluding hydrogens is 236 g/mol. The van der Waals surface area contributed by atoms with Gasteiger partial charge in [-0.25, -0.2) is 4.79 Å². The zero-order valence-electron chi connectivity index (χ0n) is 10.6. The summed E-state index contributed by atoms with van der Waals surface area (Å²) in [6, 6.07) is 1.77. The fraction of sp³-hybridized carbons (Fsp3) is 0.500. The number of carbonyl (C=O) groups excluding carboxylic acids is 1. The molecule has 0 saturated carbocycles. The summed E-state index contributed by atoms with van der Waals surface area (Å²) in [5, 5.41) is 2.73. The maximum Gasteiger partial charge on any atom is 0.412 e. The Labute approximate surface area is 106 Å². The van der Waals surface area contributed by atoms with Crippen molar-refractivity contribution < 1.29 is 9.53 Å². The first-order valence-corrected chi connectivity index (χ1v) is 6.47. The molecule has 0 saturated heterocycles. The van der Waals surface area contributed by atoms with E-state index in [-0.39, 0.29) is 0 Å².